The Hall–Kier alpha value is -1.59. The first-order valence-corrected chi connectivity index (χ1v) is 6.56. The van der Waals surface area contributed by atoms with Crippen molar-refractivity contribution >= 4 is 21.7 Å². The zero-order chi connectivity index (χ0) is 14.0. The molecule has 0 saturated heterocycles. The lowest BCUT2D eigenvalue weighted by Crippen LogP contribution is -2.08. The van der Waals surface area contributed by atoms with E-state index in [1.54, 1.807) is 19.4 Å². The summed E-state index contributed by atoms with van der Waals surface area (Å²) < 4.78 is 5.97. The number of pyridine rings is 1. The Morgan fingerprint density at radius 2 is 2.11 bits per heavy atom. The van der Waals surface area contributed by atoms with Crippen molar-refractivity contribution in [3.05, 3.63) is 51.6 Å². The van der Waals surface area contributed by atoms with Gasteiger partial charge in [-0.2, -0.15) is 0 Å². The van der Waals surface area contributed by atoms with E-state index in [-0.39, 0.29) is 0 Å². The molecule has 0 aliphatic carbocycles. The van der Waals surface area contributed by atoms with Crippen molar-refractivity contribution in [1.82, 2.24) is 4.98 Å². The van der Waals surface area contributed by atoms with Gasteiger partial charge in [0.05, 0.1) is 7.11 Å². The molecule has 1 heterocycles. The fraction of sp³-hybridized carbons (Fsp3) is 0.214. The molecule has 1 aromatic carbocycles. The fourth-order valence-corrected chi connectivity index (χ4v) is 2.42. The average Bonchev–Trinajstić information content (AvgIpc) is 2.39. The van der Waals surface area contributed by atoms with Gasteiger partial charge in [-0.15, -0.1) is 0 Å². The first-order valence-electron chi connectivity index (χ1n) is 5.77. The fourth-order valence-electron chi connectivity index (χ4n) is 1.96. The van der Waals surface area contributed by atoms with Crippen LogP contribution in [0.5, 0.6) is 5.75 Å². The molecule has 0 bridgehead atoms. The number of hydrogen-bond acceptors (Lipinski definition) is 4. The lowest BCUT2D eigenvalue weighted by Gasteiger charge is -2.17. The molecule has 0 amide bonds. The normalized spacial score (nSPS) is 12.2. The maximum atomic E-state index is 10.5. The smallest absolute Gasteiger partial charge is 0.129 e. The highest BCUT2D eigenvalue weighted by molar-refractivity contribution is 9.10. The molecule has 0 saturated carbocycles. The van der Waals surface area contributed by atoms with Crippen LogP contribution in [0.4, 0.5) is 5.82 Å². The quantitative estimate of drug-likeness (QED) is 0.911. The highest BCUT2D eigenvalue weighted by atomic mass is 79.9. The number of aromatic nitrogens is 1. The predicted molar refractivity (Wildman–Crippen MR) is 78.1 cm³/mol. The van der Waals surface area contributed by atoms with E-state index in [2.05, 4.69) is 20.9 Å². The van der Waals surface area contributed by atoms with Crippen LogP contribution in [0.2, 0.25) is 0 Å². The number of ether oxygens (including phenoxy) is 1. The van der Waals surface area contributed by atoms with Crippen LogP contribution in [0.3, 0.4) is 0 Å². The number of halogens is 1. The first-order chi connectivity index (χ1) is 9.04. The van der Waals surface area contributed by atoms with E-state index in [0.717, 1.165) is 10.0 Å². The van der Waals surface area contributed by atoms with Gasteiger partial charge in [-0.25, -0.2) is 4.98 Å². The minimum Gasteiger partial charge on any atom is -0.497 e. The summed E-state index contributed by atoms with van der Waals surface area (Å²) in [5.74, 6) is 1.01. The van der Waals surface area contributed by atoms with Gasteiger partial charge in [0.15, 0.2) is 0 Å². The maximum absolute atomic E-state index is 10.5. The highest BCUT2D eigenvalue weighted by Gasteiger charge is 2.19. The van der Waals surface area contributed by atoms with Crippen LogP contribution in [-0.2, 0) is 0 Å². The van der Waals surface area contributed by atoms with Crippen LogP contribution in [-0.4, -0.2) is 17.2 Å². The molecule has 0 fully saturated rings. The molecule has 0 radical (unpaired) electrons. The minimum atomic E-state index is -0.849. The number of nitrogen functional groups attached to an aromatic ring is 1. The number of anilines is 1. The van der Waals surface area contributed by atoms with Gasteiger partial charge < -0.3 is 15.6 Å². The Labute approximate surface area is 120 Å². The Bertz CT molecular complexity index is 582. The summed E-state index contributed by atoms with van der Waals surface area (Å²) in [4.78, 5) is 4.03. The molecule has 1 atom stereocenters. The Morgan fingerprint density at radius 3 is 2.74 bits per heavy atom. The van der Waals surface area contributed by atoms with Crippen LogP contribution in [0.25, 0.3) is 0 Å². The number of aliphatic hydroxyl groups is 1. The monoisotopic (exact) mass is 322 g/mol. The van der Waals surface area contributed by atoms with Crippen molar-refractivity contribution in [1.29, 1.82) is 0 Å². The highest BCUT2D eigenvalue weighted by Crippen LogP contribution is 2.34. The third-order valence-corrected chi connectivity index (χ3v) is 3.73. The molecule has 0 spiro atoms. The van der Waals surface area contributed by atoms with E-state index in [1.807, 2.05) is 25.1 Å². The van der Waals surface area contributed by atoms with Gasteiger partial charge in [-0.05, 0) is 36.8 Å². The molecular formula is C14H15BrN2O2. The van der Waals surface area contributed by atoms with Crippen molar-refractivity contribution in [2.45, 2.75) is 13.0 Å². The number of nitrogens with two attached hydrogens (primary N) is 1. The second-order valence-electron chi connectivity index (χ2n) is 4.22. The van der Waals surface area contributed by atoms with E-state index >= 15 is 0 Å². The number of hydrogen-bond donors (Lipinski definition) is 2. The molecular weight excluding hydrogens is 308 g/mol. The molecule has 3 N–H and O–H groups in total. The van der Waals surface area contributed by atoms with E-state index < -0.39 is 6.10 Å². The average molecular weight is 323 g/mol. The van der Waals surface area contributed by atoms with Crippen LogP contribution in [0, 0.1) is 6.92 Å². The topological polar surface area (TPSA) is 68.4 Å². The summed E-state index contributed by atoms with van der Waals surface area (Å²) in [6.07, 6.45) is 0.778. The van der Waals surface area contributed by atoms with Gasteiger partial charge in [0.25, 0.3) is 0 Å². The van der Waals surface area contributed by atoms with Gasteiger partial charge in [-0.1, -0.05) is 15.9 Å². The predicted octanol–water partition coefficient (Wildman–Crippen LogP) is 2.83. The van der Waals surface area contributed by atoms with E-state index in [1.165, 1.54) is 0 Å². The molecule has 0 aliphatic rings. The molecule has 4 nitrogen and oxygen atoms in total. The van der Waals surface area contributed by atoms with E-state index in [0.29, 0.717) is 22.7 Å². The summed E-state index contributed by atoms with van der Waals surface area (Å²) in [5, 5.41) is 10.5. The van der Waals surface area contributed by atoms with Crippen molar-refractivity contribution in [3.8, 4) is 5.75 Å². The number of aliphatic hydroxyl groups excluding tert-OH is 1. The number of nitrogens with zero attached hydrogens (tertiary/aromatic N) is 1. The summed E-state index contributed by atoms with van der Waals surface area (Å²) >= 11 is 3.43. The standard InChI is InChI=1S/C14H15BrN2O2/c1-8-5-6-17-14(16)12(8)13(18)10-7-9(19-2)3-4-11(10)15/h3-7,13,18H,1-2H3,(H2,16,17). The van der Waals surface area contributed by atoms with E-state index in [4.69, 9.17) is 10.5 Å². The third-order valence-electron chi connectivity index (χ3n) is 3.01. The summed E-state index contributed by atoms with van der Waals surface area (Å²) in [6, 6.07) is 7.25. The Morgan fingerprint density at radius 1 is 1.37 bits per heavy atom. The van der Waals surface area contributed by atoms with Gasteiger partial charge in [0.1, 0.15) is 17.7 Å². The van der Waals surface area contributed by atoms with Gasteiger partial charge in [-0.3, -0.25) is 0 Å². The van der Waals surface area contributed by atoms with Crippen molar-refractivity contribution in [3.63, 3.8) is 0 Å². The van der Waals surface area contributed by atoms with Crippen molar-refractivity contribution < 1.29 is 9.84 Å². The number of benzene rings is 1. The molecule has 1 aromatic heterocycles. The lowest BCUT2D eigenvalue weighted by atomic mass is 9.98. The molecule has 0 aliphatic heterocycles. The number of aryl methyl sites for hydroxylation is 1. The summed E-state index contributed by atoms with van der Waals surface area (Å²) in [6.45, 7) is 1.89. The van der Waals surface area contributed by atoms with Gasteiger partial charge >= 0.3 is 0 Å². The Kier molecular flexibility index (Phi) is 4.07. The first kappa shape index (κ1) is 13.8. The maximum Gasteiger partial charge on any atom is 0.129 e. The van der Waals surface area contributed by atoms with Crippen molar-refractivity contribution in [2.75, 3.05) is 12.8 Å². The molecule has 19 heavy (non-hydrogen) atoms. The Balaban J connectivity index is 2.52. The zero-order valence-corrected chi connectivity index (χ0v) is 12.3. The lowest BCUT2D eigenvalue weighted by molar-refractivity contribution is 0.218. The molecule has 100 valence electrons. The molecule has 2 rings (SSSR count). The SMILES string of the molecule is COc1ccc(Br)c(C(O)c2c(C)ccnc2N)c1. The van der Waals surface area contributed by atoms with Crippen LogP contribution in [0.15, 0.2) is 34.9 Å². The van der Waals surface area contributed by atoms with Gasteiger partial charge in [0, 0.05) is 21.8 Å². The largest absolute Gasteiger partial charge is 0.497 e. The minimum absolute atomic E-state index is 0.335. The van der Waals surface area contributed by atoms with Crippen LogP contribution >= 0.6 is 15.9 Å². The number of methoxy groups -OCH3 is 1. The molecule has 2 aromatic rings. The van der Waals surface area contributed by atoms with Crippen LogP contribution < -0.4 is 10.5 Å². The van der Waals surface area contributed by atoms with Crippen molar-refractivity contribution in [2.24, 2.45) is 0 Å². The summed E-state index contributed by atoms with van der Waals surface area (Å²) in [5.41, 5.74) is 8.08. The van der Waals surface area contributed by atoms with Crippen LogP contribution in [0.1, 0.15) is 22.8 Å². The molecule has 5 heteroatoms. The third kappa shape index (κ3) is 2.72. The number of rotatable bonds is 3. The summed E-state index contributed by atoms with van der Waals surface area (Å²) in [7, 11) is 1.59. The van der Waals surface area contributed by atoms with Gasteiger partial charge in [0.2, 0.25) is 0 Å². The zero-order valence-electron chi connectivity index (χ0n) is 10.7. The van der Waals surface area contributed by atoms with E-state index in [9.17, 15) is 5.11 Å². The second-order valence-corrected chi connectivity index (χ2v) is 5.07. The molecule has 1 unspecified atom stereocenters. The second kappa shape index (κ2) is 5.59.